The summed E-state index contributed by atoms with van der Waals surface area (Å²) in [5.74, 6) is -1.46. The summed E-state index contributed by atoms with van der Waals surface area (Å²) < 4.78 is 26.2. The van der Waals surface area contributed by atoms with Crippen molar-refractivity contribution in [2.24, 2.45) is 0 Å². The fourth-order valence-corrected chi connectivity index (χ4v) is 1.20. The summed E-state index contributed by atoms with van der Waals surface area (Å²) in [6, 6.07) is 3.64. The molecule has 0 aliphatic carbocycles. The van der Waals surface area contributed by atoms with Crippen molar-refractivity contribution in [2.45, 2.75) is 26.3 Å². The molecule has 0 aliphatic heterocycles. The van der Waals surface area contributed by atoms with Gasteiger partial charge in [0.1, 0.15) is 11.6 Å². The molecule has 0 heterocycles. The maximum absolute atomic E-state index is 13.1. The highest BCUT2D eigenvalue weighted by atomic mass is 19.1. The van der Waals surface area contributed by atoms with Crippen LogP contribution in [0.2, 0.25) is 0 Å². The summed E-state index contributed by atoms with van der Waals surface area (Å²) in [7, 11) is 0. The molecule has 0 aliphatic rings. The molecule has 0 fully saturated rings. The van der Waals surface area contributed by atoms with Crippen LogP contribution in [0, 0.1) is 11.6 Å². The van der Waals surface area contributed by atoms with E-state index in [0.29, 0.717) is 12.8 Å². The van der Waals surface area contributed by atoms with Crippen molar-refractivity contribution in [1.82, 2.24) is 5.32 Å². The first kappa shape index (κ1) is 11.6. The molecule has 0 atom stereocenters. The van der Waals surface area contributed by atoms with Gasteiger partial charge in [0.15, 0.2) is 0 Å². The fraction of sp³-hybridized carbons (Fsp3) is 0.364. The summed E-state index contributed by atoms with van der Waals surface area (Å²) in [5.41, 5.74) is -0.0954. The molecule has 0 radical (unpaired) electrons. The van der Waals surface area contributed by atoms with E-state index in [0.717, 1.165) is 0 Å². The molecule has 0 spiro atoms. The maximum Gasteiger partial charge on any atom is 0.220 e. The van der Waals surface area contributed by atoms with Gasteiger partial charge in [-0.25, -0.2) is 8.78 Å². The van der Waals surface area contributed by atoms with E-state index in [1.54, 1.807) is 0 Å². The minimum absolute atomic E-state index is 0.0954. The number of benzene rings is 1. The van der Waals surface area contributed by atoms with E-state index in [2.05, 4.69) is 5.32 Å². The lowest BCUT2D eigenvalue weighted by Crippen LogP contribution is -2.23. The molecule has 1 rings (SSSR count). The Morgan fingerprint density at radius 1 is 1.33 bits per heavy atom. The second-order valence-electron chi connectivity index (χ2n) is 3.23. The van der Waals surface area contributed by atoms with Gasteiger partial charge in [-0.15, -0.1) is 0 Å². The van der Waals surface area contributed by atoms with Gasteiger partial charge in [-0.3, -0.25) is 4.79 Å². The second-order valence-corrected chi connectivity index (χ2v) is 3.23. The summed E-state index contributed by atoms with van der Waals surface area (Å²) in [5, 5.41) is 2.46. The molecule has 0 saturated heterocycles. The molecule has 1 amide bonds. The van der Waals surface area contributed by atoms with Crippen LogP contribution in [0.25, 0.3) is 0 Å². The van der Waals surface area contributed by atoms with Gasteiger partial charge in [0.2, 0.25) is 5.91 Å². The first-order chi connectivity index (χ1) is 7.15. The molecule has 15 heavy (non-hydrogen) atoms. The first-order valence-corrected chi connectivity index (χ1v) is 4.84. The van der Waals surface area contributed by atoms with Gasteiger partial charge in [0.25, 0.3) is 0 Å². The minimum atomic E-state index is -0.633. The zero-order valence-electron chi connectivity index (χ0n) is 8.52. The van der Waals surface area contributed by atoms with Crippen molar-refractivity contribution in [1.29, 1.82) is 0 Å². The third-order valence-electron chi connectivity index (χ3n) is 2.00. The molecule has 1 aromatic carbocycles. The van der Waals surface area contributed by atoms with E-state index in [1.807, 2.05) is 6.92 Å². The molecule has 1 aromatic rings. The number of carbonyl (C=O) groups excluding carboxylic acids is 1. The number of carbonyl (C=O) groups is 1. The van der Waals surface area contributed by atoms with Gasteiger partial charge in [-0.2, -0.15) is 0 Å². The van der Waals surface area contributed by atoms with Crippen molar-refractivity contribution in [3.63, 3.8) is 0 Å². The lowest BCUT2D eigenvalue weighted by Gasteiger charge is -2.06. The zero-order valence-corrected chi connectivity index (χ0v) is 8.52. The van der Waals surface area contributed by atoms with E-state index in [1.165, 1.54) is 18.2 Å². The van der Waals surface area contributed by atoms with Crippen LogP contribution in [0.5, 0.6) is 0 Å². The highest BCUT2D eigenvalue weighted by Crippen LogP contribution is 2.11. The van der Waals surface area contributed by atoms with Gasteiger partial charge >= 0.3 is 0 Å². The predicted octanol–water partition coefficient (Wildman–Crippen LogP) is 2.38. The Bertz CT molecular complexity index is 332. The van der Waals surface area contributed by atoms with Crippen LogP contribution in [0.3, 0.4) is 0 Å². The highest BCUT2D eigenvalue weighted by molar-refractivity contribution is 5.75. The standard InChI is InChI=1S/C11H13F2NO/c1-2-4-11(15)14-7-8-9(12)5-3-6-10(8)13/h3,5-6H,2,4,7H2,1H3,(H,14,15). The monoisotopic (exact) mass is 213 g/mol. The Morgan fingerprint density at radius 3 is 2.47 bits per heavy atom. The van der Waals surface area contributed by atoms with Crippen LogP contribution < -0.4 is 5.32 Å². The minimum Gasteiger partial charge on any atom is -0.352 e. The third kappa shape index (κ3) is 3.31. The lowest BCUT2D eigenvalue weighted by atomic mass is 10.2. The van der Waals surface area contributed by atoms with E-state index in [-0.39, 0.29) is 18.0 Å². The van der Waals surface area contributed by atoms with Crippen LogP contribution in [0.1, 0.15) is 25.3 Å². The second kappa shape index (κ2) is 5.44. The molecule has 2 nitrogen and oxygen atoms in total. The Morgan fingerprint density at radius 2 is 1.93 bits per heavy atom. The van der Waals surface area contributed by atoms with Crippen LogP contribution in [0.15, 0.2) is 18.2 Å². The Hall–Kier alpha value is -1.45. The SMILES string of the molecule is CCCC(=O)NCc1c(F)cccc1F. The zero-order chi connectivity index (χ0) is 11.3. The van der Waals surface area contributed by atoms with Gasteiger partial charge < -0.3 is 5.32 Å². The molecular weight excluding hydrogens is 200 g/mol. The molecule has 0 aromatic heterocycles. The van der Waals surface area contributed by atoms with Crippen molar-refractivity contribution in [2.75, 3.05) is 0 Å². The summed E-state index contributed by atoms with van der Waals surface area (Å²) in [6.07, 6.45) is 1.08. The van der Waals surface area contributed by atoms with E-state index < -0.39 is 11.6 Å². The highest BCUT2D eigenvalue weighted by Gasteiger charge is 2.08. The molecule has 0 saturated carbocycles. The fourth-order valence-electron chi connectivity index (χ4n) is 1.20. The first-order valence-electron chi connectivity index (χ1n) is 4.84. The van der Waals surface area contributed by atoms with Crippen molar-refractivity contribution in [3.8, 4) is 0 Å². The van der Waals surface area contributed by atoms with E-state index in [4.69, 9.17) is 0 Å². The molecule has 1 N–H and O–H groups in total. The predicted molar refractivity (Wildman–Crippen MR) is 53.1 cm³/mol. The van der Waals surface area contributed by atoms with Crippen LogP contribution in [-0.2, 0) is 11.3 Å². The van der Waals surface area contributed by atoms with Gasteiger partial charge in [0.05, 0.1) is 0 Å². The Balaban J connectivity index is 2.61. The Labute approximate surface area is 87.3 Å². The molecular formula is C11H13F2NO. The molecule has 82 valence electrons. The van der Waals surface area contributed by atoms with Crippen LogP contribution in [-0.4, -0.2) is 5.91 Å². The van der Waals surface area contributed by atoms with Gasteiger partial charge in [-0.1, -0.05) is 13.0 Å². The smallest absolute Gasteiger partial charge is 0.220 e. The Kier molecular flexibility index (Phi) is 4.21. The molecule has 4 heteroatoms. The quantitative estimate of drug-likeness (QED) is 0.817. The number of hydrogen-bond donors (Lipinski definition) is 1. The summed E-state index contributed by atoms with van der Waals surface area (Å²) in [6.45, 7) is 1.76. The van der Waals surface area contributed by atoms with E-state index >= 15 is 0 Å². The van der Waals surface area contributed by atoms with E-state index in [9.17, 15) is 13.6 Å². The normalized spacial score (nSPS) is 10.1. The molecule has 0 bridgehead atoms. The van der Waals surface area contributed by atoms with Crippen LogP contribution in [0.4, 0.5) is 8.78 Å². The van der Waals surface area contributed by atoms with Gasteiger partial charge in [-0.05, 0) is 18.6 Å². The van der Waals surface area contributed by atoms with Crippen molar-refractivity contribution in [3.05, 3.63) is 35.4 Å². The van der Waals surface area contributed by atoms with Crippen LogP contribution >= 0.6 is 0 Å². The maximum atomic E-state index is 13.1. The van der Waals surface area contributed by atoms with Gasteiger partial charge in [0, 0.05) is 18.5 Å². The number of rotatable bonds is 4. The number of nitrogens with one attached hydrogen (secondary N) is 1. The molecule has 0 unspecified atom stereocenters. The topological polar surface area (TPSA) is 29.1 Å². The van der Waals surface area contributed by atoms with Crippen molar-refractivity contribution < 1.29 is 13.6 Å². The lowest BCUT2D eigenvalue weighted by molar-refractivity contribution is -0.121. The summed E-state index contributed by atoms with van der Waals surface area (Å²) in [4.78, 5) is 11.1. The number of hydrogen-bond acceptors (Lipinski definition) is 1. The number of amides is 1. The number of halogens is 2. The average molecular weight is 213 g/mol. The van der Waals surface area contributed by atoms with Crippen molar-refractivity contribution >= 4 is 5.91 Å². The third-order valence-corrected chi connectivity index (χ3v) is 2.00. The largest absolute Gasteiger partial charge is 0.352 e. The average Bonchev–Trinajstić information content (AvgIpc) is 2.17. The summed E-state index contributed by atoms with van der Waals surface area (Å²) >= 11 is 0.